The van der Waals surface area contributed by atoms with Gasteiger partial charge in [-0.25, -0.2) is 0 Å². The van der Waals surface area contributed by atoms with E-state index in [1.165, 1.54) is 4.88 Å². The molecule has 0 bridgehead atoms. The van der Waals surface area contributed by atoms with Crippen LogP contribution in [0.25, 0.3) is 0 Å². The molecular formula is C28H35N3O4S. The van der Waals surface area contributed by atoms with Crippen molar-refractivity contribution in [3.8, 4) is 11.5 Å². The Morgan fingerprint density at radius 2 is 1.75 bits per heavy atom. The summed E-state index contributed by atoms with van der Waals surface area (Å²) in [5, 5.41) is 13.5. The highest BCUT2D eigenvalue weighted by Gasteiger charge is 2.30. The first-order chi connectivity index (χ1) is 17.6. The minimum absolute atomic E-state index is 0.0660. The van der Waals surface area contributed by atoms with Gasteiger partial charge in [0, 0.05) is 48.7 Å². The van der Waals surface area contributed by atoms with Crippen molar-refractivity contribution < 1.29 is 19.4 Å². The summed E-state index contributed by atoms with van der Waals surface area (Å²) in [5.41, 5.74) is 2.80. The number of β-amino-alcohol motifs (C(OH)–C–C–N with tert-alkyl or cyclic N) is 1. The average molecular weight is 510 g/mol. The summed E-state index contributed by atoms with van der Waals surface area (Å²) < 4.78 is 11.1. The molecule has 1 fully saturated rings. The van der Waals surface area contributed by atoms with Crippen LogP contribution in [0.4, 0.5) is 5.00 Å². The normalized spacial score (nSPS) is 15.4. The number of thiophene rings is 1. The van der Waals surface area contributed by atoms with E-state index in [9.17, 15) is 9.90 Å². The van der Waals surface area contributed by atoms with Crippen LogP contribution in [0.5, 0.6) is 11.5 Å². The van der Waals surface area contributed by atoms with E-state index in [4.69, 9.17) is 9.47 Å². The minimum atomic E-state index is -0.111. The third kappa shape index (κ3) is 5.90. The fourth-order valence-electron chi connectivity index (χ4n) is 4.69. The smallest absolute Gasteiger partial charge is 0.256 e. The minimum Gasteiger partial charge on any atom is -0.493 e. The van der Waals surface area contributed by atoms with Crippen molar-refractivity contribution in [2.45, 2.75) is 19.4 Å². The van der Waals surface area contributed by atoms with E-state index in [1.54, 1.807) is 25.6 Å². The van der Waals surface area contributed by atoms with Gasteiger partial charge in [0.15, 0.2) is 11.5 Å². The first-order valence-electron chi connectivity index (χ1n) is 12.4. The van der Waals surface area contributed by atoms with Crippen molar-refractivity contribution in [1.29, 1.82) is 0 Å². The zero-order chi connectivity index (χ0) is 25.5. The van der Waals surface area contributed by atoms with Crippen LogP contribution in [0.15, 0.2) is 54.6 Å². The van der Waals surface area contributed by atoms with Gasteiger partial charge in [0.05, 0.1) is 26.9 Å². The molecule has 0 aliphatic carbocycles. The van der Waals surface area contributed by atoms with E-state index >= 15 is 0 Å². The molecule has 1 amide bonds. The number of benzene rings is 2. The molecule has 2 aromatic carbocycles. The summed E-state index contributed by atoms with van der Waals surface area (Å²) in [6.07, 6.45) is 0.891. The highest BCUT2D eigenvalue weighted by molar-refractivity contribution is 7.16. The van der Waals surface area contributed by atoms with E-state index < -0.39 is 0 Å². The predicted molar refractivity (Wildman–Crippen MR) is 145 cm³/mol. The maximum atomic E-state index is 13.1. The number of carbonyl (C=O) groups is 1. The SMILES string of the molecule is CCc1cc([C@H](c2ccc(OC)c(OC)c2)N2CCN(CCO)CC2)c(NC(=O)c2ccccc2)s1. The zero-order valence-corrected chi connectivity index (χ0v) is 22.0. The van der Waals surface area contributed by atoms with Gasteiger partial charge in [-0.2, -0.15) is 0 Å². The fourth-order valence-corrected chi connectivity index (χ4v) is 5.72. The molecule has 1 aromatic heterocycles. The molecule has 1 aliphatic rings. The van der Waals surface area contributed by atoms with Crippen molar-refractivity contribution in [2.24, 2.45) is 0 Å². The number of anilines is 1. The number of aliphatic hydroxyl groups is 1. The topological polar surface area (TPSA) is 74.3 Å². The lowest BCUT2D eigenvalue weighted by Gasteiger charge is -2.39. The van der Waals surface area contributed by atoms with E-state index in [0.29, 0.717) is 23.6 Å². The third-order valence-corrected chi connectivity index (χ3v) is 7.84. The van der Waals surface area contributed by atoms with Gasteiger partial charge >= 0.3 is 0 Å². The van der Waals surface area contributed by atoms with E-state index in [2.05, 4.69) is 34.2 Å². The number of ether oxygens (including phenoxy) is 2. The van der Waals surface area contributed by atoms with Crippen molar-refractivity contribution >= 4 is 22.2 Å². The molecule has 2 N–H and O–H groups in total. The van der Waals surface area contributed by atoms with E-state index in [0.717, 1.165) is 48.7 Å². The van der Waals surface area contributed by atoms with Gasteiger partial charge in [-0.15, -0.1) is 11.3 Å². The monoisotopic (exact) mass is 509 g/mol. The third-order valence-electron chi connectivity index (χ3n) is 6.63. The summed E-state index contributed by atoms with van der Waals surface area (Å²) in [6, 6.07) is 17.5. The lowest BCUT2D eigenvalue weighted by atomic mass is 9.96. The maximum absolute atomic E-state index is 13.1. The number of hydrogen-bond donors (Lipinski definition) is 2. The lowest BCUT2D eigenvalue weighted by Crippen LogP contribution is -2.48. The van der Waals surface area contributed by atoms with Crippen molar-refractivity contribution in [3.63, 3.8) is 0 Å². The number of amides is 1. The van der Waals surface area contributed by atoms with Crippen LogP contribution in [0.1, 0.15) is 39.3 Å². The summed E-state index contributed by atoms with van der Waals surface area (Å²) >= 11 is 1.64. The summed E-state index contributed by atoms with van der Waals surface area (Å²) in [4.78, 5) is 19.1. The molecule has 192 valence electrons. The number of hydrogen-bond acceptors (Lipinski definition) is 7. The number of aryl methyl sites for hydroxylation is 1. The van der Waals surface area contributed by atoms with Crippen LogP contribution in [0.2, 0.25) is 0 Å². The highest BCUT2D eigenvalue weighted by atomic mass is 32.1. The van der Waals surface area contributed by atoms with Gasteiger partial charge in [-0.3, -0.25) is 14.6 Å². The molecular weight excluding hydrogens is 474 g/mol. The molecule has 4 rings (SSSR count). The molecule has 1 aliphatic heterocycles. The molecule has 1 atom stereocenters. The van der Waals surface area contributed by atoms with Gasteiger partial charge in [0.1, 0.15) is 5.00 Å². The number of carbonyl (C=O) groups excluding carboxylic acids is 1. The number of nitrogens with one attached hydrogen (secondary N) is 1. The molecule has 7 nitrogen and oxygen atoms in total. The molecule has 0 spiro atoms. The molecule has 3 aromatic rings. The first-order valence-corrected chi connectivity index (χ1v) is 13.2. The average Bonchev–Trinajstić information content (AvgIpc) is 3.32. The number of rotatable bonds is 10. The number of piperazine rings is 1. The Labute approximate surface area is 217 Å². The van der Waals surface area contributed by atoms with Crippen LogP contribution in [0, 0.1) is 0 Å². The Kier molecular flexibility index (Phi) is 8.98. The van der Waals surface area contributed by atoms with Gasteiger partial charge in [-0.05, 0) is 42.3 Å². The molecule has 0 unspecified atom stereocenters. The van der Waals surface area contributed by atoms with Crippen molar-refractivity contribution in [3.05, 3.63) is 76.2 Å². The molecule has 8 heteroatoms. The zero-order valence-electron chi connectivity index (χ0n) is 21.2. The predicted octanol–water partition coefficient (Wildman–Crippen LogP) is 4.28. The quantitative estimate of drug-likeness (QED) is 0.425. The fraction of sp³-hybridized carbons (Fsp3) is 0.393. The first kappa shape index (κ1) is 26.2. The van der Waals surface area contributed by atoms with Crippen LogP contribution < -0.4 is 14.8 Å². The Morgan fingerprint density at radius 1 is 1.03 bits per heavy atom. The summed E-state index contributed by atoms with van der Waals surface area (Å²) in [7, 11) is 3.29. The van der Waals surface area contributed by atoms with E-state index in [1.807, 2.05) is 42.5 Å². The second-order valence-electron chi connectivity index (χ2n) is 8.79. The Morgan fingerprint density at radius 3 is 2.39 bits per heavy atom. The molecule has 0 saturated carbocycles. The Balaban J connectivity index is 1.74. The van der Waals surface area contributed by atoms with Gasteiger partial charge in [0.2, 0.25) is 0 Å². The number of aliphatic hydroxyl groups excluding tert-OH is 1. The van der Waals surface area contributed by atoms with Crippen LogP contribution in [-0.2, 0) is 6.42 Å². The number of methoxy groups -OCH3 is 2. The molecule has 2 heterocycles. The Bertz CT molecular complexity index is 1140. The van der Waals surface area contributed by atoms with Crippen LogP contribution >= 0.6 is 11.3 Å². The molecule has 36 heavy (non-hydrogen) atoms. The van der Waals surface area contributed by atoms with Crippen LogP contribution in [0.3, 0.4) is 0 Å². The van der Waals surface area contributed by atoms with Gasteiger partial charge in [-0.1, -0.05) is 31.2 Å². The summed E-state index contributed by atoms with van der Waals surface area (Å²) in [6.45, 7) is 6.44. The number of nitrogens with zero attached hydrogens (tertiary/aromatic N) is 2. The van der Waals surface area contributed by atoms with E-state index in [-0.39, 0.29) is 18.6 Å². The summed E-state index contributed by atoms with van der Waals surface area (Å²) in [5.74, 6) is 1.25. The molecule has 1 saturated heterocycles. The van der Waals surface area contributed by atoms with Crippen LogP contribution in [-0.4, -0.2) is 74.4 Å². The highest BCUT2D eigenvalue weighted by Crippen LogP contribution is 2.42. The Hall–Kier alpha value is -2.91. The maximum Gasteiger partial charge on any atom is 0.256 e. The molecule has 0 radical (unpaired) electrons. The van der Waals surface area contributed by atoms with Crippen molar-refractivity contribution in [1.82, 2.24) is 9.80 Å². The van der Waals surface area contributed by atoms with Crippen molar-refractivity contribution in [2.75, 3.05) is 58.9 Å². The largest absolute Gasteiger partial charge is 0.493 e. The van der Waals surface area contributed by atoms with Gasteiger partial charge in [0.25, 0.3) is 5.91 Å². The standard InChI is InChI=1S/C28H35N3O4S/c1-4-22-19-23(28(36-22)29-27(33)20-8-6-5-7-9-20)26(31-14-12-30(13-15-31)16-17-32)21-10-11-24(34-2)25(18-21)35-3/h5-11,18-19,26,32H,4,12-17H2,1-3H3,(H,29,33)/t26-/m0/s1. The lowest BCUT2D eigenvalue weighted by molar-refractivity contribution is 0.0945. The van der Waals surface area contributed by atoms with Gasteiger partial charge < -0.3 is 19.9 Å². The second kappa shape index (κ2) is 12.4. The second-order valence-corrected chi connectivity index (χ2v) is 9.93.